The zero-order chi connectivity index (χ0) is 32.8. The second-order valence-corrected chi connectivity index (χ2v) is 8.28. The van der Waals surface area contributed by atoms with Crippen molar-refractivity contribution in [2.24, 2.45) is 0 Å². The summed E-state index contributed by atoms with van der Waals surface area (Å²) in [7, 11) is 2.89. The first-order valence-electron chi connectivity index (χ1n) is 14.5. The molecule has 44 heavy (non-hydrogen) atoms. The first-order chi connectivity index (χ1) is 21.7. The number of aldehydes is 2. The zero-order valence-corrected chi connectivity index (χ0v) is 26.3. The maximum atomic E-state index is 11.9. The van der Waals surface area contributed by atoms with Crippen molar-refractivity contribution in [3.63, 3.8) is 0 Å². The van der Waals surface area contributed by atoms with Crippen molar-refractivity contribution < 1.29 is 52.6 Å². The fourth-order valence-electron chi connectivity index (χ4n) is 2.83. The van der Waals surface area contributed by atoms with E-state index >= 15 is 0 Å². The summed E-state index contributed by atoms with van der Waals surface area (Å²) in [4.78, 5) is 31.9. The minimum Gasteiger partial charge on any atom is -0.400 e. The van der Waals surface area contributed by atoms with E-state index in [9.17, 15) is 14.4 Å². The number of amides is 1. The maximum absolute atomic E-state index is 11.9. The third-order valence-corrected chi connectivity index (χ3v) is 4.94. The molecule has 0 saturated carbocycles. The molecule has 3 N–H and O–H groups in total. The van der Waals surface area contributed by atoms with Crippen molar-refractivity contribution in [1.29, 1.82) is 0 Å². The Bertz CT molecular complexity index is 822. The Labute approximate surface area is 262 Å². The lowest BCUT2D eigenvalue weighted by molar-refractivity contribution is -0.109. The van der Waals surface area contributed by atoms with Gasteiger partial charge in [-0.25, -0.2) is 0 Å². The number of nitrogens with one attached hydrogen (secondary N) is 2. The van der Waals surface area contributed by atoms with Gasteiger partial charge in [0.05, 0.1) is 92.5 Å². The molecule has 0 heterocycles. The highest BCUT2D eigenvalue weighted by Gasteiger charge is 2.04. The molecular weight excluding hydrogens is 576 g/mol. The van der Waals surface area contributed by atoms with Crippen molar-refractivity contribution in [2.45, 2.75) is 12.8 Å². The van der Waals surface area contributed by atoms with Gasteiger partial charge in [-0.1, -0.05) is 12.0 Å². The fraction of sp³-hybridized carbons (Fsp3) is 0.645. The highest BCUT2D eigenvalue weighted by Crippen LogP contribution is 2.03. The predicted molar refractivity (Wildman–Crippen MR) is 166 cm³/mol. The molecule has 0 bridgehead atoms. The summed E-state index contributed by atoms with van der Waals surface area (Å²) in [6.45, 7) is 8.42. The van der Waals surface area contributed by atoms with E-state index in [1.807, 2.05) is 7.05 Å². The van der Waals surface area contributed by atoms with E-state index in [-0.39, 0.29) is 5.91 Å². The molecule has 1 amide bonds. The standard InChI is InChI=1S/C18H23NO5.C12H25NO5.CH4O/c1-2-16-5-3-6-17(15-16)18(21)19-7-10-23-12-14-24-13-11-22-9-4-8-20;1-13-3-6-16-8-10-18-12-11-17-9-7-15-5-2-4-14;1-2/h1,3,5-6,8,15H,4,7,9-14H2,(H,19,21);4,13H,2-3,5-12H2,1H3;2H,1H3. The van der Waals surface area contributed by atoms with Crippen LogP contribution in [0.25, 0.3) is 0 Å². The van der Waals surface area contributed by atoms with Crippen molar-refractivity contribution in [3.8, 4) is 12.3 Å². The van der Waals surface area contributed by atoms with Crippen LogP contribution < -0.4 is 10.6 Å². The first-order valence-corrected chi connectivity index (χ1v) is 14.5. The van der Waals surface area contributed by atoms with Crippen LogP contribution in [0.15, 0.2) is 24.3 Å². The predicted octanol–water partition coefficient (Wildman–Crippen LogP) is 0.506. The van der Waals surface area contributed by atoms with E-state index in [2.05, 4.69) is 16.6 Å². The number of benzene rings is 1. The third-order valence-electron chi connectivity index (χ3n) is 4.94. The third kappa shape index (κ3) is 32.2. The van der Waals surface area contributed by atoms with Crippen molar-refractivity contribution >= 4 is 18.5 Å². The molecule has 13 heteroatoms. The van der Waals surface area contributed by atoms with E-state index in [1.165, 1.54) is 0 Å². The molecule has 0 atom stereocenters. The highest BCUT2D eigenvalue weighted by molar-refractivity contribution is 5.94. The summed E-state index contributed by atoms with van der Waals surface area (Å²) in [5.41, 5.74) is 1.20. The van der Waals surface area contributed by atoms with Crippen molar-refractivity contribution in [1.82, 2.24) is 10.6 Å². The van der Waals surface area contributed by atoms with Crippen molar-refractivity contribution in [3.05, 3.63) is 35.4 Å². The molecule has 0 aromatic heterocycles. The van der Waals surface area contributed by atoms with Gasteiger partial charge < -0.3 is 58.5 Å². The van der Waals surface area contributed by atoms with E-state index in [0.29, 0.717) is 123 Å². The van der Waals surface area contributed by atoms with Crippen LogP contribution in [0.5, 0.6) is 0 Å². The lowest BCUT2D eigenvalue weighted by Gasteiger charge is -2.08. The van der Waals surface area contributed by atoms with Crippen LogP contribution >= 0.6 is 0 Å². The van der Waals surface area contributed by atoms with Gasteiger partial charge in [-0.05, 0) is 25.2 Å². The lowest BCUT2D eigenvalue weighted by Crippen LogP contribution is -2.27. The molecule has 0 radical (unpaired) electrons. The highest BCUT2D eigenvalue weighted by atomic mass is 16.6. The summed E-state index contributed by atoms with van der Waals surface area (Å²) in [5, 5.41) is 12.8. The van der Waals surface area contributed by atoms with Crippen LogP contribution in [0, 0.1) is 12.3 Å². The van der Waals surface area contributed by atoms with Gasteiger partial charge in [0.15, 0.2) is 0 Å². The molecule has 13 nitrogen and oxygen atoms in total. The number of aliphatic hydroxyl groups excluding tert-OH is 1. The quantitative estimate of drug-likeness (QED) is 0.0671. The van der Waals surface area contributed by atoms with Crippen molar-refractivity contribution in [2.75, 3.05) is 120 Å². The fourth-order valence-corrected chi connectivity index (χ4v) is 2.83. The number of terminal acetylenes is 1. The van der Waals surface area contributed by atoms with Gasteiger partial charge in [-0.2, -0.15) is 0 Å². The molecule has 0 aliphatic carbocycles. The Morgan fingerprint density at radius 1 is 0.705 bits per heavy atom. The SMILES string of the molecule is C#Cc1cccc(C(=O)NCCOCCOCCOCCC=O)c1.CNCCOCCOCCOCCOCCC=O.CO. The Kier molecular flexibility index (Phi) is 37.7. The average molecular weight is 629 g/mol. The largest absolute Gasteiger partial charge is 0.400 e. The molecule has 1 rings (SSSR count). The van der Waals surface area contributed by atoms with Crippen LogP contribution in [0.4, 0.5) is 0 Å². The number of hydrogen-bond acceptors (Lipinski definition) is 12. The monoisotopic (exact) mass is 628 g/mol. The number of likely N-dealkylation sites (N-methyl/N-ethyl adjacent to an activating group) is 1. The van der Waals surface area contributed by atoms with Crippen LogP contribution in [0.3, 0.4) is 0 Å². The van der Waals surface area contributed by atoms with Crippen LogP contribution in [-0.2, 0) is 42.7 Å². The first kappa shape index (κ1) is 43.4. The number of rotatable bonds is 28. The van der Waals surface area contributed by atoms with Crippen LogP contribution in [0.2, 0.25) is 0 Å². The van der Waals surface area contributed by atoms with Gasteiger partial charge in [0.25, 0.3) is 5.91 Å². The van der Waals surface area contributed by atoms with E-state index in [0.717, 1.165) is 26.2 Å². The molecule has 1 aromatic rings. The normalized spacial score (nSPS) is 10.0. The second kappa shape index (κ2) is 38.3. The molecule has 1 aromatic carbocycles. The van der Waals surface area contributed by atoms with Crippen LogP contribution in [-0.4, -0.2) is 143 Å². The van der Waals surface area contributed by atoms with Gasteiger partial charge in [0.2, 0.25) is 0 Å². The molecule has 0 spiro atoms. The topological polar surface area (TPSA) is 160 Å². The summed E-state index contributed by atoms with van der Waals surface area (Å²) in [6.07, 6.45) is 7.81. The van der Waals surface area contributed by atoms with Gasteiger partial charge in [0.1, 0.15) is 12.6 Å². The summed E-state index contributed by atoms with van der Waals surface area (Å²) in [5.74, 6) is 2.31. The summed E-state index contributed by atoms with van der Waals surface area (Å²) >= 11 is 0. The minimum absolute atomic E-state index is 0.181. The van der Waals surface area contributed by atoms with E-state index < -0.39 is 0 Å². The number of hydrogen-bond donors (Lipinski definition) is 3. The Hall–Kier alpha value is -2.77. The molecule has 0 aliphatic rings. The average Bonchev–Trinajstić information content (AvgIpc) is 3.06. The van der Waals surface area contributed by atoms with E-state index in [1.54, 1.807) is 24.3 Å². The van der Waals surface area contributed by atoms with Crippen LogP contribution in [0.1, 0.15) is 28.8 Å². The minimum atomic E-state index is -0.181. The molecule has 0 unspecified atom stereocenters. The Morgan fingerprint density at radius 2 is 1.11 bits per heavy atom. The number of aliphatic hydroxyl groups is 1. The van der Waals surface area contributed by atoms with E-state index in [4.69, 9.17) is 44.7 Å². The Balaban J connectivity index is 0. The number of carbonyl (C=O) groups is 3. The molecule has 0 aliphatic heterocycles. The zero-order valence-electron chi connectivity index (χ0n) is 26.3. The van der Waals surface area contributed by atoms with Gasteiger partial charge >= 0.3 is 0 Å². The number of carbonyl (C=O) groups excluding carboxylic acids is 3. The second-order valence-electron chi connectivity index (χ2n) is 8.28. The van der Waals surface area contributed by atoms with Gasteiger partial charge in [0, 0.05) is 44.2 Å². The molecule has 252 valence electrons. The number of ether oxygens (including phenoxy) is 7. The molecular formula is C31H52N2O11. The summed E-state index contributed by atoms with van der Waals surface area (Å²) < 4.78 is 36.8. The van der Waals surface area contributed by atoms with Gasteiger partial charge in [-0.3, -0.25) is 4.79 Å². The Morgan fingerprint density at radius 3 is 1.52 bits per heavy atom. The molecule has 0 saturated heterocycles. The smallest absolute Gasteiger partial charge is 0.251 e. The lowest BCUT2D eigenvalue weighted by atomic mass is 10.1. The molecule has 0 fully saturated rings. The van der Waals surface area contributed by atoms with Gasteiger partial charge in [-0.15, -0.1) is 6.42 Å². The summed E-state index contributed by atoms with van der Waals surface area (Å²) in [6, 6.07) is 6.90. The maximum Gasteiger partial charge on any atom is 0.251 e.